The molecule has 2 heterocycles. The highest BCUT2D eigenvalue weighted by Gasteiger charge is 2.21. The molecule has 11 rings (SSSR count). The van der Waals surface area contributed by atoms with Crippen molar-refractivity contribution in [2.75, 3.05) is 0 Å². The highest BCUT2D eigenvalue weighted by molar-refractivity contribution is 6.11. The summed E-state index contributed by atoms with van der Waals surface area (Å²) in [5, 5.41) is 1.10. The monoisotopic (exact) mass is 777 g/mol. The van der Waals surface area contributed by atoms with Gasteiger partial charge in [0, 0.05) is 22.2 Å². The van der Waals surface area contributed by atoms with Gasteiger partial charge in [-0.15, -0.1) is 0 Å². The van der Waals surface area contributed by atoms with E-state index in [1.54, 1.807) is 0 Å². The zero-order valence-electron chi connectivity index (χ0n) is 33.4. The maximum absolute atomic E-state index is 5.33. The molecule has 0 aliphatic carbocycles. The summed E-state index contributed by atoms with van der Waals surface area (Å²) in [7, 11) is 0. The van der Waals surface area contributed by atoms with Gasteiger partial charge in [-0.3, -0.25) is 0 Å². The third-order valence-corrected chi connectivity index (χ3v) is 11.6. The van der Waals surface area contributed by atoms with Crippen LogP contribution in [-0.4, -0.2) is 14.5 Å². The molecule has 0 fully saturated rings. The molecule has 0 saturated carbocycles. The van der Waals surface area contributed by atoms with Gasteiger partial charge in [0.25, 0.3) is 0 Å². The summed E-state index contributed by atoms with van der Waals surface area (Å²) in [6, 6.07) is 84.1. The lowest BCUT2D eigenvalue weighted by Crippen LogP contribution is -1.99. The molecule has 0 spiro atoms. The molecule has 0 bridgehead atoms. The summed E-state index contributed by atoms with van der Waals surface area (Å²) in [5.74, 6) is 0.700. The predicted octanol–water partition coefficient (Wildman–Crippen LogP) is 15.2. The van der Waals surface area contributed by atoms with Crippen LogP contribution < -0.4 is 0 Å². The second-order valence-corrected chi connectivity index (χ2v) is 15.4. The van der Waals surface area contributed by atoms with Crippen molar-refractivity contribution < 1.29 is 0 Å². The summed E-state index contributed by atoms with van der Waals surface area (Å²) in [6.07, 6.45) is 0. The highest BCUT2D eigenvalue weighted by atomic mass is 15.0. The van der Waals surface area contributed by atoms with E-state index in [1.165, 1.54) is 44.5 Å². The van der Waals surface area contributed by atoms with Crippen molar-refractivity contribution in [3.05, 3.63) is 237 Å². The van der Waals surface area contributed by atoms with Gasteiger partial charge in [0.1, 0.15) is 5.52 Å². The Balaban J connectivity index is 0.957. The van der Waals surface area contributed by atoms with Crippen molar-refractivity contribution in [2.24, 2.45) is 0 Å². The van der Waals surface area contributed by atoms with Gasteiger partial charge in [0.2, 0.25) is 0 Å². The van der Waals surface area contributed by atoms with Crippen LogP contribution in [0.2, 0.25) is 0 Å². The first-order valence-corrected chi connectivity index (χ1v) is 20.7. The Kier molecular flexibility index (Phi) is 9.18. The maximum atomic E-state index is 5.33. The molecular formula is C58H39N3. The van der Waals surface area contributed by atoms with Crippen molar-refractivity contribution >= 4 is 21.9 Å². The fraction of sp³-hybridized carbons (Fsp3) is 0. The average Bonchev–Trinajstić information content (AvgIpc) is 3.69. The molecular weight excluding hydrogens is 739 g/mol. The molecule has 0 N–H and O–H groups in total. The first-order chi connectivity index (χ1) is 30.2. The standard InChI is InChI=1S/C58H39N3/c1-5-17-40(18-6-1)49-37-50(41-19-7-2-8-20-41)39-51(38-49)48-26-16-25-47(36-48)46-24-15-23-45(35-46)42-31-33-44(34-32-42)58-59-55(43-21-9-3-10-22-43)57-56(60-58)53-29-13-14-30-54(53)61(57)52-27-11-4-12-28-52/h1-39H. The first kappa shape index (κ1) is 36.0. The predicted molar refractivity (Wildman–Crippen MR) is 254 cm³/mol. The van der Waals surface area contributed by atoms with Crippen molar-refractivity contribution in [1.82, 2.24) is 14.5 Å². The van der Waals surface area contributed by atoms with Crippen molar-refractivity contribution in [3.63, 3.8) is 0 Å². The number of nitrogens with zero attached hydrogens (tertiary/aromatic N) is 3. The lowest BCUT2D eigenvalue weighted by Gasteiger charge is -2.13. The van der Waals surface area contributed by atoms with E-state index < -0.39 is 0 Å². The highest BCUT2D eigenvalue weighted by Crippen LogP contribution is 2.39. The van der Waals surface area contributed by atoms with Crippen molar-refractivity contribution in [3.8, 4) is 84.0 Å². The Morgan fingerprint density at radius 3 is 1.25 bits per heavy atom. The molecule has 3 heteroatoms. The summed E-state index contributed by atoms with van der Waals surface area (Å²) in [4.78, 5) is 10.6. The zero-order chi connectivity index (χ0) is 40.5. The lowest BCUT2D eigenvalue weighted by molar-refractivity contribution is 1.15. The Labute approximate surface area is 355 Å². The van der Waals surface area contributed by atoms with Crippen molar-refractivity contribution in [2.45, 2.75) is 0 Å². The van der Waals surface area contributed by atoms with E-state index in [0.717, 1.165) is 55.6 Å². The average molecular weight is 778 g/mol. The number of para-hydroxylation sites is 2. The van der Waals surface area contributed by atoms with Gasteiger partial charge in [-0.2, -0.15) is 0 Å². The smallest absolute Gasteiger partial charge is 0.160 e. The second kappa shape index (κ2) is 15.6. The van der Waals surface area contributed by atoms with Gasteiger partial charge >= 0.3 is 0 Å². The van der Waals surface area contributed by atoms with Gasteiger partial charge < -0.3 is 4.57 Å². The van der Waals surface area contributed by atoms with Crippen LogP contribution in [0.3, 0.4) is 0 Å². The van der Waals surface area contributed by atoms with E-state index in [1.807, 2.05) is 6.07 Å². The molecule has 61 heavy (non-hydrogen) atoms. The third-order valence-electron chi connectivity index (χ3n) is 11.6. The second-order valence-electron chi connectivity index (χ2n) is 15.4. The number of rotatable bonds is 8. The minimum absolute atomic E-state index is 0.700. The largest absolute Gasteiger partial charge is 0.306 e. The lowest BCUT2D eigenvalue weighted by atomic mass is 9.92. The Hall–Kier alpha value is -8.14. The van der Waals surface area contributed by atoms with Gasteiger partial charge in [-0.05, 0) is 104 Å². The quantitative estimate of drug-likeness (QED) is 0.154. The van der Waals surface area contributed by atoms with Crippen LogP contribution in [0.1, 0.15) is 0 Å². The molecule has 0 atom stereocenters. The van der Waals surface area contributed by atoms with Crippen LogP contribution in [-0.2, 0) is 0 Å². The van der Waals surface area contributed by atoms with E-state index in [4.69, 9.17) is 9.97 Å². The zero-order valence-corrected chi connectivity index (χ0v) is 33.4. The summed E-state index contributed by atoms with van der Waals surface area (Å²) in [6.45, 7) is 0. The normalized spacial score (nSPS) is 11.3. The molecule has 3 nitrogen and oxygen atoms in total. The number of hydrogen-bond acceptors (Lipinski definition) is 2. The summed E-state index contributed by atoms with van der Waals surface area (Å²) >= 11 is 0. The SMILES string of the molecule is c1ccc(-c2cc(-c3ccccc3)cc(-c3cccc(-c4cccc(-c5ccc(-c6nc(-c7ccccc7)c7c(n6)c6ccccc6n7-c6ccccc6)cc5)c4)c3)c2)cc1. The van der Waals surface area contributed by atoms with Gasteiger partial charge in [-0.25, -0.2) is 9.97 Å². The van der Waals surface area contributed by atoms with Crippen LogP contribution in [0, 0.1) is 0 Å². The fourth-order valence-electron chi connectivity index (χ4n) is 8.57. The molecule has 0 radical (unpaired) electrons. The summed E-state index contributed by atoms with van der Waals surface area (Å²) < 4.78 is 2.30. The van der Waals surface area contributed by atoms with E-state index >= 15 is 0 Å². The molecule has 9 aromatic carbocycles. The molecule has 11 aromatic rings. The topological polar surface area (TPSA) is 30.7 Å². The Morgan fingerprint density at radius 1 is 0.279 bits per heavy atom. The van der Waals surface area contributed by atoms with Crippen LogP contribution >= 0.6 is 0 Å². The first-order valence-electron chi connectivity index (χ1n) is 20.7. The van der Waals surface area contributed by atoms with Crippen LogP contribution in [0.4, 0.5) is 0 Å². The van der Waals surface area contributed by atoms with Crippen LogP contribution in [0.5, 0.6) is 0 Å². The van der Waals surface area contributed by atoms with Crippen molar-refractivity contribution in [1.29, 1.82) is 0 Å². The number of aromatic nitrogens is 3. The maximum Gasteiger partial charge on any atom is 0.160 e. The number of benzene rings is 9. The molecule has 0 amide bonds. The van der Waals surface area contributed by atoms with E-state index in [-0.39, 0.29) is 0 Å². The Morgan fingerprint density at radius 2 is 0.672 bits per heavy atom. The Bertz CT molecular complexity index is 3260. The number of fused-ring (bicyclic) bond motifs is 3. The van der Waals surface area contributed by atoms with Gasteiger partial charge in [0.05, 0.1) is 16.7 Å². The minimum Gasteiger partial charge on any atom is -0.306 e. The molecule has 0 saturated heterocycles. The van der Waals surface area contributed by atoms with E-state index in [2.05, 4.69) is 235 Å². The van der Waals surface area contributed by atoms with Crippen LogP contribution in [0.25, 0.3) is 106 Å². The molecule has 2 aromatic heterocycles. The molecule has 0 unspecified atom stereocenters. The molecule has 286 valence electrons. The third kappa shape index (κ3) is 6.88. The molecule has 0 aliphatic rings. The minimum atomic E-state index is 0.700. The van der Waals surface area contributed by atoms with E-state index in [0.29, 0.717) is 5.82 Å². The van der Waals surface area contributed by atoms with Gasteiger partial charge in [-0.1, -0.05) is 188 Å². The number of hydrogen-bond donors (Lipinski definition) is 0. The fourth-order valence-corrected chi connectivity index (χ4v) is 8.57. The molecule has 0 aliphatic heterocycles. The van der Waals surface area contributed by atoms with Crippen LogP contribution in [0.15, 0.2) is 237 Å². The van der Waals surface area contributed by atoms with Gasteiger partial charge in [0.15, 0.2) is 5.82 Å². The summed E-state index contributed by atoms with van der Waals surface area (Å²) in [5.41, 5.74) is 18.9. The van der Waals surface area contributed by atoms with E-state index in [9.17, 15) is 0 Å².